The van der Waals surface area contributed by atoms with E-state index in [0.29, 0.717) is 25.3 Å². The summed E-state index contributed by atoms with van der Waals surface area (Å²) in [6, 6.07) is 9.80. The average molecular weight is 368 g/mol. The minimum absolute atomic E-state index is 0.110. The summed E-state index contributed by atoms with van der Waals surface area (Å²) >= 11 is 0. The molecule has 0 radical (unpaired) electrons. The Hall–Kier alpha value is -3.49. The number of nitro groups is 1. The second-order valence-corrected chi connectivity index (χ2v) is 6.08. The molecule has 3 aromatic rings. The maximum Gasteiger partial charge on any atom is 0.381 e. The fraction of sp³-hybridized carbons (Fsp3) is 0.278. The van der Waals surface area contributed by atoms with E-state index >= 15 is 0 Å². The van der Waals surface area contributed by atoms with E-state index in [9.17, 15) is 14.9 Å². The van der Waals surface area contributed by atoms with Crippen molar-refractivity contribution in [2.75, 3.05) is 6.54 Å². The van der Waals surface area contributed by atoms with E-state index in [4.69, 9.17) is 0 Å². The maximum absolute atomic E-state index is 12.0. The number of nitrogens with zero attached hydrogens (tertiary/aromatic N) is 5. The number of para-hydroxylation sites is 1. The highest BCUT2D eigenvalue weighted by Crippen LogP contribution is 2.11. The largest absolute Gasteiger partial charge is 0.381 e. The number of imidazole rings is 1. The van der Waals surface area contributed by atoms with E-state index in [1.54, 1.807) is 22.4 Å². The number of hydrogen-bond acceptors (Lipinski definition) is 5. The molecular weight excluding hydrogens is 348 g/mol. The monoisotopic (exact) mass is 368 g/mol. The van der Waals surface area contributed by atoms with Crippen molar-refractivity contribution in [2.24, 2.45) is 0 Å². The van der Waals surface area contributed by atoms with Crippen LogP contribution >= 0.6 is 0 Å². The molecule has 1 aromatic carbocycles. The summed E-state index contributed by atoms with van der Waals surface area (Å²) in [4.78, 5) is 26.0. The molecule has 0 unspecified atom stereocenters. The molecule has 0 aliphatic heterocycles. The summed E-state index contributed by atoms with van der Waals surface area (Å²) in [6.07, 6.45) is 5.98. The zero-order chi connectivity index (χ0) is 19.2. The lowest BCUT2D eigenvalue weighted by molar-refractivity contribution is -0.389. The highest BCUT2D eigenvalue weighted by molar-refractivity contribution is 5.75. The first-order chi connectivity index (χ1) is 13.0. The van der Waals surface area contributed by atoms with Gasteiger partial charge in [0.1, 0.15) is 6.20 Å². The second kappa shape index (κ2) is 8.26. The molecule has 0 atom stereocenters. The summed E-state index contributed by atoms with van der Waals surface area (Å²) < 4.78 is 3.41. The normalized spacial score (nSPS) is 10.7. The number of nitrogens with one attached hydrogen (secondary N) is 1. The molecule has 0 fully saturated rings. The van der Waals surface area contributed by atoms with Crippen molar-refractivity contribution in [3.05, 3.63) is 70.4 Å². The number of carbonyl (C=O) groups excluding carboxylic acids is 1. The molecule has 140 valence electrons. The van der Waals surface area contributed by atoms with Gasteiger partial charge in [0.05, 0.1) is 11.9 Å². The van der Waals surface area contributed by atoms with E-state index in [2.05, 4.69) is 15.4 Å². The van der Waals surface area contributed by atoms with Crippen LogP contribution in [-0.4, -0.2) is 36.7 Å². The van der Waals surface area contributed by atoms with Gasteiger partial charge in [-0.15, -0.1) is 0 Å². The first-order valence-electron chi connectivity index (χ1n) is 8.57. The summed E-state index contributed by atoms with van der Waals surface area (Å²) in [5, 5.41) is 17.9. The molecule has 9 nitrogen and oxygen atoms in total. The van der Waals surface area contributed by atoms with Gasteiger partial charge in [0.2, 0.25) is 11.7 Å². The highest BCUT2D eigenvalue weighted by Gasteiger charge is 2.15. The van der Waals surface area contributed by atoms with Gasteiger partial charge in [-0.3, -0.25) is 4.79 Å². The highest BCUT2D eigenvalue weighted by atomic mass is 16.6. The van der Waals surface area contributed by atoms with Gasteiger partial charge in [-0.2, -0.15) is 5.10 Å². The Morgan fingerprint density at radius 2 is 2.04 bits per heavy atom. The van der Waals surface area contributed by atoms with E-state index in [-0.39, 0.29) is 18.1 Å². The Morgan fingerprint density at radius 3 is 2.74 bits per heavy atom. The number of benzene rings is 1. The van der Waals surface area contributed by atoms with Crippen LogP contribution in [0.1, 0.15) is 17.8 Å². The van der Waals surface area contributed by atoms with Gasteiger partial charge < -0.3 is 20.0 Å². The maximum atomic E-state index is 12.0. The van der Waals surface area contributed by atoms with E-state index in [1.165, 1.54) is 6.20 Å². The number of hydrogen-bond donors (Lipinski definition) is 1. The zero-order valence-corrected chi connectivity index (χ0v) is 14.9. The topological polar surface area (TPSA) is 108 Å². The predicted octanol–water partition coefficient (Wildman–Crippen LogP) is 2.03. The molecule has 0 spiro atoms. The second-order valence-electron chi connectivity index (χ2n) is 6.08. The Balaban J connectivity index is 1.44. The number of aromatic nitrogens is 4. The summed E-state index contributed by atoms with van der Waals surface area (Å²) in [7, 11) is 0. The van der Waals surface area contributed by atoms with Crippen molar-refractivity contribution in [3.8, 4) is 5.69 Å². The van der Waals surface area contributed by atoms with Crippen LogP contribution in [0.3, 0.4) is 0 Å². The third kappa shape index (κ3) is 4.78. The Bertz CT molecular complexity index is 932. The molecule has 0 saturated heterocycles. The molecule has 0 aliphatic carbocycles. The molecule has 1 amide bonds. The smallest absolute Gasteiger partial charge is 0.358 e. The Labute approximate surface area is 155 Å². The van der Waals surface area contributed by atoms with Crippen molar-refractivity contribution < 1.29 is 9.72 Å². The van der Waals surface area contributed by atoms with Crippen LogP contribution in [0.15, 0.2) is 48.9 Å². The molecule has 0 saturated carbocycles. The van der Waals surface area contributed by atoms with Crippen molar-refractivity contribution >= 4 is 11.7 Å². The van der Waals surface area contributed by atoms with Crippen LogP contribution in [0.2, 0.25) is 0 Å². The third-order valence-electron chi connectivity index (χ3n) is 4.12. The molecule has 1 N–H and O–H groups in total. The van der Waals surface area contributed by atoms with Crippen LogP contribution in [0.4, 0.5) is 5.82 Å². The van der Waals surface area contributed by atoms with Crippen molar-refractivity contribution in [1.82, 2.24) is 24.6 Å². The lowest BCUT2D eigenvalue weighted by atomic mass is 10.2. The van der Waals surface area contributed by atoms with Gasteiger partial charge in [0.25, 0.3) is 0 Å². The minimum atomic E-state index is -0.542. The van der Waals surface area contributed by atoms with Crippen LogP contribution in [0, 0.1) is 17.0 Å². The van der Waals surface area contributed by atoms with Gasteiger partial charge in [-0.25, -0.2) is 4.68 Å². The van der Waals surface area contributed by atoms with Crippen LogP contribution in [0.25, 0.3) is 5.69 Å². The van der Waals surface area contributed by atoms with Crippen LogP contribution in [-0.2, 0) is 17.8 Å². The molecule has 3 rings (SSSR count). The molecule has 2 heterocycles. The third-order valence-corrected chi connectivity index (χ3v) is 4.12. The predicted molar refractivity (Wildman–Crippen MR) is 98.5 cm³/mol. The van der Waals surface area contributed by atoms with Gasteiger partial charge >= 0.3 is 5.82 Å². The first kappa shape index (κ1) is 18.3. The van der Waals surface area contributed by atoms with Crippen LogP contribution in [0.5, 0.6) is 0 Å². The van der Waals surface area contributed by atoms with Crippen LogP contribution < -0.4 is 5.32 Å². The Morgan fingerprint density at radius 1 is 1.26 bits per heavy atom. The molecule has 0 bridgehead atoms. The number of carbonyl (C=O) groups is 1. The first-order valence-corrected chi connectivity index (χ1v) is 8.57. The standard InChI is InChI=1S/C18H20N6O3/c1-14-21-17(24(26)27)13-22(14)10-8-18(25)19-9-7-15-11-20-23(12-15)16-5-3-2-4-6-16/h2-6,11-13H,7-10H2,1H3,(H,19,25). The summed E-state index contributed by atoms with van der Waals surface area (Å²) in [6.45, 7) is 2.53. The molecule has 27 heavy (non-hydrogen) atoms. The fourth-order valence-corrected chi connectivity index (χ4v) is 2.67. The molecule has 0 aliphatic rings. The lowest BCUT2D eigenvalue weighted by Crippen LogP contribution is -2.26. The summed E-state index contributed by atoms with van der Waals surface area (Å²) in [5.41, 5.74) is 2.01. The quantitative estimate of drug-likeness (QED) is 0.483. The molecule has 9 heteroatoms. The van der Waals surface area contributed by atoms with Gasteiger partial charge in [-0.1, -0.05) is 18.2 Å². The summed E-state index contributed by atoms with van der Waals surface area (Å²) in [5.74, 6) is 0.201. The SMILES string of the molecule is Cc1nc([N+](=O)[O-])cn1CCC(=O)NCCc1cnn(-c2ccccc2)c1. The van der Waals surface area contributed by atoms with E-state index < -0.39 is 4.92 Å². The van der Waals surface area contributed by atoms with Gasteiger partial charge in [0.15, 0.2) is 0 Å². The van der Waals surface area contributed by atoms with Crippen molar-refractivity contribution in [2.45, 2.75) is 26.3 Å². The molecular formula is C18H20N6O3. The number of amides is 1. The average Bonchev–Trinajstić information content (AvgIpc) is 3.28. The minimum Gasteiger partial charge on any atom is -0.358 e. The Kier molecular flexibility index (Phi) is 5.60. The zero-order valence-electron chi connectivity index (χ0n) is 14.9. The van der Waals surface area contributed by atoms with Gasteiger partial charge in [0, 0.05) is 32.6 Å². The van der Waals surface area contributed by atoms with Crippen molar-refractivity contribution in [1.29, 1.82) is 0 Å². The number of aryl methyl sites for hydroxylation is 2. The van der Waals surface area contributed by atoms with E-state index in [0.717, 1.165) is 11.3 Å². The fourth-order valence-electron chi connectivity index (χ4n) is 2.67. The van der Waals surface area contributed by atoms with Gasteiger partial charge in [-0.05, 0) is 34.0 Å². The van der Waals surface area contributed by atoms with Crippen molar-refractivity contribution in [3.63, 3.8) is 0 Å². The number of rotatable bonds is 8. The molecule has 2 aromatic heterocycles. The van der Waals surface area contributed by atoms with E-state index in [1.807, 2.05) is 36.5 Å². The lowest BCUT2D eigenvalue weighted by Gasteiger charge is -2.05.